The Morgan fingerprint density at radius 3 is 2.70 bits per heavy atom. The van der Waals surface area contributed by atoms with Crippen LogP contribution < -0.4 is 10.1 Å². The summed E-state index contributed by atoms with van der Waals surface area (Å²) in [5.41, 5.74) is 0.992. The lowest BCUT2D eigenvalue weighted by Gasteiger charge is -2.06. The van der Waals surface area contributed by atoms with Crippen molar-refractivity contribution < 1.29 is 9.13 Å². The van der Waals surface area contributed by atoms with Crippen LogP contribution in [-0.2, 0) is 6.54 Å². The van der Waals surface area contributed by atoms with Crippen molar-refractivity contribution in [1.82, 2.24) is 15.3 Å². The lowest BCUT2D eigenvalue weighted by atomic mass is 10.3. The summed E-state index contributed by atoms with van der Waals surface area (Å²) < 4.78 is 18.9. The Balaban J connectivity index is 1.97. The molecule has 0 aliphatic heterocycles. The van der Waals surface area contributed by atoms with Crippen molar-refractivity contribution >= 4 is 15.9 Å². The molecule has 6 heteroatoms. The number of aromatic nitrogens is 2. The van der Waals surface area contributed by atoms with Crippen LogP contribution in [0.3, 0.4) is 0 Å². The van der Waals surface area contributed by atoms with Crippen molar-refractivity contribution in [2.45, 2.75) is 19.9 Å². The van der Waals surface area contributed by atoms with Gasteiger partial charge in [-0.15, -0.1) is 0 Å². The summed E-state index contributed by atoms with van der Waals surface area (Å²) in [5.74, 6) is 0.144. The SMILES string of the molecule is CCCNCc1cnc(Oc2ccc(F)c(Br)c2)nc1. The molecule has 0 amide bonds. The summed E-state index contributed by atoms with van der Waals surface area (Å²) in [7, 11) is 0. The monoisotopic (exact) mass is 339 g/mol. The van der Waals surface area contributed by atoms with Gasteiger partial charge in [-0.25, -0.2) is 14.4 Å². The zero-order valence-electron chi connectivity index (χ0n) is 11.1. The Morgan fingerprint density at radius 1 is 1.30 bits per heavy atom. The second-order valence-corrected chi connectivity index (χ2v) is 5.08. The Kier molecular flexibility index (Phi) is 5.43. The fourth-order valence-corrected chi connectivity index (χ4v) is 1.90. The normalized spacial score (nSPS) is 10.6. The lowest BCUT2D eigenvalue weighted by Crippen LogP contribution is -2.14. The predicted octanol–water partition coefficient (Wildman–Crippen LogP) is 3.67. The first-order chi connectivity index (χ1) is 9.69. The number of benzene rings is 1. The molecule has 1 heterocycles. The molecule has 20 heavy (non-hydrogen) atoms. The molecule has 0 aliphatic rings. The van der Waals surface area contributed by atoms with Crippen LogP contribution in [0.25, 0.3) is 0 Å². The molecule has 0 saturated heterocycles. The van der Waals surface area contributed by atoms with Gasteiger partial charge in [-0.1, -0.05) is 6.92 Å². The van der Waals surface area contributed by atoms with Crippen LogP contribution in [-0.4, -0.2) is 16.5 Å². The number of ether oxygens (including phenoxy) is 1. The maximum absolute atomic E-state index is 13.1. The topological polar surface area (TPSA) is 47.0 Å². The third-order valence-corrected chi connectivity index (χ3v) is 3.15. The summed E-state index contributed by atoms with van der Waals surface area (Å²) in [4.78, 5) is 8.24. The minimum absolute atomic E-state index is 0.239. The van der Waals surface area contributed by atoms with Gasteiger partial charge in [0.25, 0.3) is 0 Å². The molecule has 0 fully saturated rings. The predicted molar refractivity (Wildman–Crippen MR) is 78.2 cm³/mol. The zero-order chi connectivity index (χ0) is 14.4. The number of halogens is 2. The van der Waals surface area contributed by atoms with Gasteiger partial charge in [-0.05, 0) is 47.1 Å². The lowest BCUT2D eigenvalue weighted by molar-refractivity contribution is 0.439. The smallest absolute Gasteiger partial charge is 0.321 e. The Hall–Kier alpha value is -1.53. The Bertz CT molecular complexity index is 563. The molecule has 0 radical (unpaired) electrons. The third kappa shape index (κ3) is 4.25. The second kappa shape index (κ2) is 7.31. The van der Waals surface area contributed by atoms with E-state index in [-0.39, 0.29) is 11.8 Å². The van der Waals surface area contributed by atoms with Gasteiger partial charge < -0.3 is 10.1 Å². The van der Waals surface area contributed by atoms with Crippen molar-refractivity contribution in [3.8, 4) is 11.8 Å². The molecule has 0 unspecified atom stereocenters. The minimum atomic E-state index is -0.337. The molecule has 2 aromatic rings. The fourth-order valence-electron chi connectivity index (χ4n) is 1.54. The highest BCUT2D eigenvalue weighted by atomic mass is 79.9. The van der Waals surface area contributed by atoms with Gasteiger partial charge in [0.05, 0.1) is 4.47 Å². The standard InChI is InChI=1S/C14H15BrFN3O/c1-2-5-17-7-10-8-18-14(19-9-10)20-11-3-4-13(16)12(15)6-11/h3-4,6,8-9,17H,2,5,7H2,1H3. The number of hydrogen-bond acceptors (Lipinski definition) is 4. The van der Waals surface area contributed by atoms with Crippen molar-refractivity contribution in [2.24, 2.45) is 0 Å². The second-order valence-electron chi connectivity index (χ2n) is 4.23. The van der Waals surface area contributed by atoms with Gasteiger partial charge in [-0.2, -0.15) is 0 Å². The van der Waals surface area contributed by atoms with Gasteiger partial charge in [0, 0.05) is 24.5 Å². The van der Waals surface area contributed by atoms with Gasteiger partial charge in [0.15, 0.2) is 0 Å². The molecule has 2 rings (SSSR count). The van der Waals surface area contributed by atoms with Crippen LogP contribution in [0.5, 0.6) is 11.8 Å². The minimum Gasteiger partial charge on any atom is -0.424 e. The molecule has 1 aromatic carbocycles. The quantitative estimate of drug-likeness (QED) is 0.815. The van der Waals surface area contributed by atoms with Gasteiger partial charge in [-0.3, -0.25) is 0 Å². The van der Waals surface area contributed by atoms with Crippen LogP contribution in [0.15, 0.2) is 35.1 Å². The summed E-state index contributed by atoms with van der Waals surface area (Å²) in [6.07, 6.45) is 4.51. The summed E-state index contributed by atoms with van der Waals surface area (Å²) in [6, 6.07) is 4.63. The summed E-state index contributed by atoms with van der Waals surface area (Å²) >= 11 is 3.10. The van der Waals surface area contributed by atoms with E-state index in [1.807, 2.05) is 0 Å². The number of nitrogens with zero attached hydrogens (tertiary/aromatic N) is 2. The molecule has 1 aromatic heterocycles. The van der Waals surface area contributed by atoms with E-state index in [0.717, 1.165) is 25.1 Å². The maximum Gasteiger partial charge on any atom is 0.321 e. The highest BCUT2D eigenvalue weighted by molar-refractivity contribution is 9.10. The average molecular weight is 340 g/mol. The molecule has 0 saturated carbocycles. The highest BCUT2D eigenvalue weighted by Crippen LogP contribution is 2.24. The number of nitrogens with one attached hydrogen (secondary N) is 1. The van der Waals surface area contributed by atoms with E-state index in [2.05, 4.69) is 38.1 Å². The molecule has 0 bridgehead atoms. The van der Waals surface area contributed by atoms with Gasteiger partial charge in [0.1, 0.15) is 11.6 Å². The molecule has 1 N–H and O–H groups in total. The fraction of sp³-hybridized carbons (Fsp3) is 0.286. The van der Waals surface area contributed by atoms with Gasteiger partial charge in [0.2, 0.25) is 0 Å². The van der Waals surface area contributed by atoms with Crippen LogP contribution >= 0.6 is 15.9 Å². The molecule has 0 aliphatic carbocycles. The van der Waals surface area contributed by atoms with E-state index in [9.17, 15) is 4.39 Å². The highest BCUT2D eigenvalue weighted by Gasteiger charge is 2.04. The molecular formula is C14H15BrFN3O. The van der Waals surface area contributed by atoms with Crippen molar-refractivity contribution in [3.63, 3.8) is 0 Å². The first-order valence-corrected chi connectivity index (χ1v) is 7.13. The van der Waals surface area contributed by atoms with Crippen LogP contribution in [0.1, 0.15) is 18.9 Å². The van der Waals surface area contributed by atoms with Crippen LogP contribution in [0.2, 0.25) is 0 Å². The van der Waals surface area contributed by atoms with Crippen LogP contribution in [0.4, 0.5) is 4.39 Å². The third-order valence-electron chi connectivity index (χ3n) is 2.54. The van der Waals surface area contributed by atoms with Crippen molar-refractivity contribution in [2.75, 3.05) is 6.54 Å². The molecule has 106 valence electrons. The van der Waals surface area contributed by atoms with E-state index in [1.54, 1.807) is 12.4 Å². The first kappa shape index (κ1) is 14.9. The van der Waals surface area contributed by atoms with E-state index >= 15 is 0 Å². The largest absolute Gasteiger partial charge is 0.424 e. The molecule has 0 spiro atoms. The summed E-state index contributed by atoms with van der Waals surface area (Å²) in [5, 5.41) is 3.27. The number of rotatable bonds is 6. The molecule has 0 atom stereocenters. The number of hydrogen-bond donors (Lipinski definition) is 1. The Labute approximate surface area is 125 Å². The van der Waals surface area contributed by atoms with E-state index < -0.39 is 0 Å². The first-order valence-electron chi connectivity index (χ1n) is 6.33. The maximum atomic E-state index is 13.1. The average Bonchev–Trinajstić information content (AvgIpc) is 2.45. The van der Waals surface area contributed by atoms with Crippen LogP contribution in [0, 0.1) is 5.82 Å². The van der Waals surface area contributed by atoms with Crippen molar-refractivity contribution in [3.05, 3.63) is 46.4 Å². The van der Waals surface area contributed by atoms with E-state index in [0.29, 0.717) is 10.2 Å². The summed E-state index contributed by atoms with van der Waals surface area (Å²) in [6.45, 7) is 3.80. The van der Waals surface area contributed by atoms with E-state index in [1.165, 1.54) is 18.2 Å². The molecule has 4 nitrogen and oxygen atoms in total. The van der Waals surface area contributed by atoms with Crippen molar-refractivity contribution in [1.29, 1.82) is 0 Å². The van der Waals surface area contributed by atoms with E-state index in [4.69, 9.17) is 4.74 Å². The molecular weight excluding hydrogens is 325 g/mol. The zero-order valence-corrected chi connectivity index (χ0v) is 12.7. The van der Waals surface area contributed by atoms with Gasteiger partial charge >= 0.3 is 6.01 Å². The Morgan fingerprint density at radius 2 is 2.05 bits per heavy atom.